The lowest BCUT2D eigenvalue weighted by Crippen LogP contribution is -2.31. The van der Waals surface area contributed by atoms with Gasteiger partial charge in [0.15, 0.2) is 0 Å². The molecule has 0 aliphatic rings. The van der Waals surface area contributed by atoms with Crippen molar-refractivity contribution >= 4 is 17.5 Å². The van der Waals surface area contributed by atoms with E-state index in [0.29, 0.717) is 25.1 Å². The second-order valence-corrected chi connectivity index (χ2v) is 7.36. The molecule has 0 fully saturated rings. The van der Waals surface area contributed by atoms with Crippen LogP contribution in [-0.4, -0.2) is 50.4 Å². The van der Waals surface area contributed by atoms with Gasteiger partial charge in [-0.3, -0.25) is 9.59 Å². The number of nitrogens with zero attached hydrogens (tertiary/aromatic N) is 2. The third-order valence-electron chi connectivity index (χ3n) is 4.57. The third kappa shape index (κ3) is 7.73. The number of unbranched alkanes of at least 4 members (excludes halogenated alkanes) is 1. The zero-order chi connectivity index (χ0) is 21.8. The van der Waals surface area contributed by atoms with Crippen molar-refractivity contribution in [3.63, 3.8) is 0 Å². The van der Waals surface area contributed by atoms with E-state index in [1.807, 2.05) is 61.5 Å². The number of carbonyl (C=O) groups is 2. The minimum absolute atomic E-state index is 0.0853. The van der Waals surface area contributed by atoms with Crippen LogP contribution in [0.1, 0.15) is 42.1 Å². The van der Waals surface area contributed by atoms with Gasteiger partial charge in [0.1, 0.15) is 0 Å². The summed E-state index contributed by atoms with van der Waals surface area (Å²) in [7, 11) is 3.94. The molecule has 0 aromatic heterocycles. The van der Waals surface area contributed by atoms with Gasteiger partial charge in [0, 0.05) is 36.3 Å². The largest absolute Gasteiger partial charge is 0.351 e. The Morgan fingerprint density at radius 1 is 1.00 bits per heavy atom. The van der Waals surface area contributed by atoms with Crippen LogP contribution >= 0.6 is 0 Å². The second kappa shape index (κ2) is 12.5. The molecule has 0 atom stereocenters. The van der Waals surface area contributed by atoms with Crippen LogP contribution in [0.15, 0.2) is 54.6 Å². The Hall–Kier alpha value is -3.10. The highest BCUT2D eigenvalue weighted by Gasteiger charge is 2.13. The molecule has 5 nitrogen and oxygen atoms in total. The molecule has 0 saturated carbocycles. The fourth-order valence-corrected chi connectivity index (χ4v) is 2.82. The third-order valence-corrected chi connectivity index (χ3v) is 4.57. The minimum atomic E-state index is -0.0897. The summed E-state index contributed by atoms with van der Waals surface area (Å²) in [6, 6.07) is 16.8. The van der Waals surface area contributed by atoms with Crippen molar-refractivity contribution < 1.29 is 9.59 Å². The molecule has 2 rings (SSSR count). The van der Waals surface area contributed by atoms with Crippen molar-refractivity contribution in [2.75, 3.05) is 38.6 Å². The van der Waals surface area contributed by atoms with E-state index in [1.165, 1.54) is 0 Å². The summed E-state index contributed by atoms with van der Waals surface area (Å²) in [5, 5.41) is 2.89. The maximum absolute atomic E-state index is 12.6. The summed E-state index contributed by atoms with van der Waals surface area (Å²) < 4.78 is 0. The predicted molar refractivity (Wildman–Crippen MR) is 123 cm³/mol. The Bertz CT molecular complexity index is 865. The number of amides is 2. The number of rotatable bonds is 9. The minimum Gasteiger partial charge on any atom is -0.351 e. The lowest BCUT2D eigenvalue weighted by atomic mass is 10.1. The lowest BCUT2D eigenvalue weighted by molar-refractivity contribution is -0.118. The molecule has 0 radical (unpaired) electrons. The highest BCUT2D eigenvalue weighted by Crippen LogP contribution is 2.15. The number of benzene rings is 2. The topological polar surface area (TPSA) is 52.7 Å². The number of nitrogens with one attached hydrogen (secondary N) is 1. The van der Waals surface area contributed by atoms with Crippen LogP contribution in [0, 0.1) is 11.8 Å². The molecule has 2 aromatic rings. The first-order chi connectivity index (χ1) is 14.5. The summed E-state index contributed by atoms with van der Waals surface area (Å²) in [6.45, 7) is 3.81. The van der Waals surface area contributed by atoms with Gasteiger partial charge in [-0.2, -0.15) is 0 Å². The van der Waals surface area contributed by atoms with Crippen LogP contribution in [0.5, 0.6) is 0 Å². The van der Waals surface area contributed by atoms with E-state index in [0.717, 1.165) is 30.6 Å². The van der Waals surface area contributed by atoms with Crippen molar-refractivity contribution in [2.45, 2.75) is 26.2 Å². The van der Waals surface area contributed by atoms with E-state index in [1.54, 1.807) is 17.0 Å². The molecular weight excluding hydrogens is 374 g/mol. The Balaban J connectivity index is 2.00. The summed E-state index contributed by atoms with van der Waals surface area (Å²) in [4.78, 5) is 28.5. The number of para-hydroxylation sites is 1. The molecule has 158 valence electrons. The van der Waals surface area contributed by atoms with Gasteiger partial charge >= 0.3 is 0 Å². The number of likely N-dealkylation sites (N-methyl/N-ethyl adjacent to an activating group) is 1. The fraction of sp³-hybridized carbons (Fsp3) is 0.360. The average Bonchev–Trinajstić information content (AvgIpc) is 2.75. The quantitative estimate of drug-likeness (QED) is 0.649. The van der Waals surface area contributed by atoms with Gasteiger partial charge in [0.2, 0.25) is 5.91 Å². The molecule has 0 spiro atoms. The summed E-state index contributed by atoms with van der Waals surface area (Å²) in [5.41, 5.74) is 2.28. The van der Waals surface area contributed by atoms with Gasteiger partial charge in [-0.05, 0) is 56.9 Å². The molecule has 2 amide bonds. The van der Waals surface area contributed by atoms with Crippen molar-refractivity contribution in [1.29, 1.82) is 0 Å². The van der Waals surface area contributed by atoms with Gasteiger partial charge in [-0.1, -0.05) is 43.4 Å². The number of carbonyl (C=O) groups excluding carboxylic acids is 2. The van der Waals surface area contributed by atoms with Crippen molar-refractivity contribution in [2.24, 2.45) is 0 Å². The molecule has 0 heterocycles. The Morgan fingerprint density at radius 3 is 2.33 bits per heavy atom. The average molecular weight is 406 g/mol. The van der Waals surface area contributed by atoms with Gasteiger partial charge < -0.3 is 15.1 Å². The van der Waals surface area contributed by atoms with Gasteiger partial charge in [-0.25, -0.2) is 0 Å². The van der Waals surface area contributed by atoms with Crippen LogP contribution in [0.2, 0.25) is 0 Å². The molecule has 5 heteroatoms. The van der Waals surface area contributed by atoms with Crippen LogP contribution in [0.25, 0.3) is 0 Å². The van der Waals surface area contributed by atoms with Crippen molar-refractivity contribution in [3.05, 3.63) is 65.7 Å². The number of hydrogen-bond donors (Lipinski definition) is 1. The molecule has 1 N–H and O–H groups in total. The molecule has 30 heavy (non-hydrogen) atoms. The number of anilines is 1. The first kappa shape index (κ1) is 23.2. The van der Waals surface area contributed by atoms with E-state index in [9.17, 15) is 9.59 Å². The molecule has 0 aliphatic carbocycles. The maximum atomic E-state index is 12.6. The fourth-order valence-electron chi connectivity index (χ4n) is 2.82. The van der Waals surface area contributed by atoms with Crippen LogP contribution in [-0.2, 0) is 4.79 Å². The van der Waals surface area contributed by atoms with Crippen molar-refractivity contribution in [1.82, 2.24) is 10.2 Å². The zero-order valence-corrected chi connectivity index (χ0v) is 18.1. The van der Waals surface area contributed by atoms with Crippen LogP contribution in [0.3, 0.4) is 0 Å². The molecule has 0 bridgehead atoms. The monoisotopic (exact) mass is 405 g/mol. The van der Waals surface area contributed by atoms with E-state index in [2.05, 4.69) is 24.1 Å². The van der Waals surface area contributed by atoms with Crippen LogP contribution < -0.4 is 10.2 Å². The highest BCUT2D eigenvalue weighted by molar-refractivity contribution is 5.94. The predicted octanol–water partition coefficient (Wildman–Crippen LogP) is 3.55. The normalized spacial score (nSPS) is 10.3. The highest BCUT2D eigenvalue weighted by atomic mass is 16.2. The van der Waals surface area contributed by atoms with E-state index < -0.39 is 0 Å². The summed E-state index contributed by atoms with van der Waals surface area (Å²) in [5.74, 6) is 6.20. The van der Waals surface area contributed by atoms with Crippen LogP contribution in [0.4, 0.5) is 5.69 Å². The summed E-state index contributed by atoms with van der Waals surface area (Å²) in [6.07, 6.45) is 2.37. The molecule has 2 aromatic carbocycles. The van der Waals surface area contributed by atoms with Gasteiger partial charge in [-0.15, -0.1) is 0 Å². The van der Waals surface area contributed by atoms with Gasteiger partial charge in [0.05, 0.1) is 6.54 Å². The smallest absolute Gasteiger partial charge is 0.251 e. The Morgan fingerprint density at radius 2 is 1.70 bits per heavy atom. The number of hydrogen-bond acceptors (Lipinski definition) is 3. The lowest BCUT2D eigenvalue weighted by Gasteiger charge is -2.20. The Labute approximate surface area is 180 Å². The standard InChI is InChI=1S/C25H31N3O2/c1-4-5-13-24(29)28(23-11-7-6-8-12-23)19-9-10-21-14-16-22(17-15-21)25(30)26-18-20-27(2)3/h6-8,11-12,14-17H,4-5,13,18-20H2,1-3H3,(H,26,30). The first-order valence-corrected chi connectivity index (χ1v) is 10.4. The van der Waals surface area contributed by atoms with E-state index in [-0.39, 0.29) is 11.8 Å². The second-order valence-electron chi connectivity index (χ2n) is 7.36. The SMILES string of the molecule is CCCCC(=O)N(CC#Cc1ccc(C(=O)NCCN(C)C)cc1)c1ccccc1. The first-order valence-electron chi connectivity index (χ1n) is 10.4. The molecule has 0 unspecified atom stereocenters. The van der Waals surface area contributed by atoms with E-state index >= 15 is 0 Å². The molecular formula is C25H31N3O2. The maximum Gasteiger partial charge on any atom is 0.251 e. The Kier molecular flexibility index (Phi) is 9.63. The molecule has 0 saturated heterocycles. The molecule has 0 aliphatic heterocycles. The summed E-state index contributed by atoms with van der Waals surface area (Å²) >= 11 is 0. The van der Waals surface area contributed by atoms with E-state index in [4.69, 9.17) is 0 Å². The zero-order valence-electron chi connectivity index (χ0n) is 18.1. The van der Waals surface area contributed by atoms with Crippen molar-refractivity contribution in [3.8, 4) is 11.8 Å². The van der Waals surface area contributed by atoms with Gasteiger partial charge in [0.25, 0.3) is 5.91 Å².